The van der Waals surface area contributed by atoms with E-state index in [-0.39, 0.29) is 11.9 Å². The van der Waals surface area contributed by atoms with Crippen LogP contribution in [0.15, 0.2) is 41.0 Å². The summed E-state index contributed by atoms with van der Waals surface area (Å²) in [5.74, 6) is 0.279. The first-order valence-electron chi connectivity index (χ1n) is 6.49. The minimum Gasteiger partial charge on any atom is -0.383 e. The van der Waals surface area contributed by atoms with E-state index in [4.69, 9.17) is 5.73 Å². The maximum Gasteiger partial charge on any atom is 0.137 e. The van der Waals surface area contributed by atoms with Gasteiger partial charge in [-0.05, 0) is 58.2 Å². The van der Waals surface area contributed by atoms with E-state index in [9.17, 15) is 4.39 Å². The third-order valence-corrected chi connectivity index (χ3v) is 3.75. The molecule has 106 valence electrons. The summed E-state index contributed by atoms with van der Waals surface area (Å²) in [5, 5.41) is 3.39. The molecule has 0 aliphatic rings. The summed E-state index contributed by atoms with van der Waals surface area (Å²) in [6, 6.07) is 8.97. The maximum atomic E-state index is 13.3. The fourth-order valence-electron chi connectivity index (χ4n) is 2.13. The van der Waals surface area contributed by atoms with Crippen LogP contribution >= 0.6 is 15.9 Å². The molecule has 20 heavy (non-hydrogen) atoms. The smallest absolute Gasteiger partial charge is 0.137 e. The molecule has 1 aromatic carbocycles. The van der Waals surface area contributed by atoms with Gasteiger partial charge in [-0.15, -0.1) is 0 Å². The van der Waals surface area contributed by atoms with E-state index in [2.05, 4.69) is 26.2 Å². The van der Waals surface area contributed by atoms with Crippen LogP contribution in [0.5, 0.6) is 0 Å². The van der Waals surface area contributed by atoms with Crippen molar-refractivity contribution >= 4 is 21.7 Å². The van der Waals surface area contributed by atoms with Gasteiger partial charge in [-0.2, -0.15) is 0 Å². The number of halogens is 2. The van der Waals surface area contributed by atoms with Gasteiger partial charge in [-0.1, -0.05) is 19.1 Å². The van der Waals surface area contributed by atoms with Crippen LogP contribution in [-0.2, 0) is 6.42 Å². The molecule has 0 amide bonds. The monoisotopic (exact) mass is 337 g/mol. The molecule has 1 heterocycles. The van der Waals surface area contributed by atoms with Crippen LogP contribution in [0.3, 0.4) is 0 Å². The van der Waals surface area contributed by atoms with Crippen LogP contribution in [-0.4, -0.2) is 11.5 Å². The molecular formula is C15H17BrFN3. The number of nitrogen functional groups attached to an aromatic ring is 1. The van der Waals surface area contributed by atoms with Crippen LogP contribution in [0, 0.1) is 5.82 Å². The van der Waals surface area contributed by atoms with E-state index < -0.39 is 0 Å². The molecule has 5 heteroatoms. The van der Waals surface area contributed by atoms with Crippen LogP contribution in [0.2, 0.25) is 0 Å². The summed E-state index contributed by atoms with van der Waals surface area (Å²) in [5.41, 5.74) is 7.89. The number of pyridine rings is 1. The second-order valence-corrected chi connectivity index (χ2v) is 5.39. The number of rotatable bonds is 5. The van der Waals surface area contributed by atoms with Gasteiger partial charge >= 0.3 is 0 Å². The zero-order chi connectivity index (χ0) is 14.5. The van der Waals surface area contributed by atoms with Crippen molar-refractivity contribution in [2.75, 3.05) is 12.3 Å². The molecule has 0 spiro atoms. The second-order valence-electron chi connectivity index (χ2n) is 4.54. The molecule has 1 aromatic heterocycles. The minimum atomic E-state index is -0.259. The van der Waals surface area contributed by atoms with Crippen LogP contribution in [0.25, 0.3) is 0 Å². The highest BCUT2D eigenvalue weighted by atomic mass is 79.9. The summed E-state index contributed by atoms with van der Waals surface area (Å²) in [7, 11) is 0. The SMILES string of the molecule is CCNC(Cc1cccnc1N)c1ccc(F)c(Br)c1. The number of nitrogens with zero attached hydrogens (tertiary/aromatic N) is 1. The first-order valence-corrected chi connectivity index (χ1v) is 7.28. The van der Waals surface area contributed by atoms with Gasteiger partial charge in [-0.25, -0.2) is 9.37 Å². The Labute approximate surface area is 126 Å². The highest BCUT2D eigenvalue weighted by molar-refractivity contribution is 9.10. The Hall–Kier alpha value is -1.46. The van der Waals surface area contributed by atoms with Gasteiger partial charge in [0.1, 0.15) is 11.6 Å². The standard InChI is InChI=1S/C15H17BrFN3/c1-2-19-14(9-11-4-3-7-20-15(11)18)10-5-6-13(17)12(16)8-10/h3-8,14,19H,2,9H2,1H3,(H2,18,20). The lowest BCUT2D eigenvalue weighted by molar-refractivity contribution is 0.546. The summed E-state index contributed by atoms with van der Waals surface area (Å²) in [6.45, 7) is 2.86. The molecule has 0 aliphatic heterocycles. The Morgan fingerprint density at radius 1 is 1.40 bits per heavy atom. The molecule has 0 radical (unpaired) electrons. The summed E-state index contributed by atoms with van der Waals surface area (Å²) in [4.78, 5) is 4.10. The Morgan fingerprint density at radius 3 is 2.85 bits per heavy atom. The molecule has 1 atom stereocenters. The predicted molar refractivity (Wildman–Crippen MR) is 82.9 cm³/mol. The van der Waals surface area contributed by atoms with E-state index >= 15 is 0 Å². The van der Waals surface area contributed by atoms with Crippen molar-refractivity contribution in [3.05, 3.63) is 57.9 Å². The van der Waals surface area contributed by atoms with Gasteiger partial charge in [-0.3, -0.25) is 0 Å². The third-order valence-electron chi connectivity index (χ3n) is 3.15. The largest absolute Gasteiger partial charge is 0.383 e. The molecule has 0 saturated carbocycles. The number of hydrogen-bond acceptors (Lipinski definition) is 3. The second kappa shape index (κ2) is 6.81. The highest BCUT2D eigenvalue weighted by Gasteiger charge is 2.14. The first kappa shape index (κ1) is 14.9. The molecule has 0 bridgehead atoms. The molecule has 1 unspecified atom stereocenters. The topological polar surface area (TPSA) is 50.9 Å². The lowest BCUT2D eigenvalue weighted by atomic mass is 9.99. The van der Waals surface area contributed by atoms with E-state index in [0.29, 0.717) is 16.7 Å². The number of nitrogens with two attached hydrogens (primary N) is 1. The van der Waals surface area contributed by atoms with Gasteiger partial charge in [0, 0.05) is 12.2 Å². The van der Waals surface area contributed by atoms with Crippen molar-refractivity contribution in [1.82, 2.24) is 10.3 Å². The first-order chi connectivity index (χ1) is 9.61. The van der Waals surface area contributed by atoms with Crippen LogP contribution < -0.4 is 11.1 Å². The molecule has 2 rings (SSSR count). The van der Waals surface area contributed by atoms with Crippen molar-refractivity contribution in [3.63, 3.8) is 0 Å². The van der Waals surface area contributed by atoms with Crippen molar-refractivity contribution in [3.8, 4) is 0 Å². The van der Waals surface area contributed by atoms with Gasteiger partial charge in [0.2, 0.25) is 0 Å². The average Bonchev–Trinajstić information content (AvgIpc) is 2.44. The molecular weight excluding hydrogens is 321 g/mol. The molecule has 2 aromatic rings. The van der Waals surface area contributed by atoms with Crippen molar-refractivity contribution in [2.24, 2.45) is 0 Å². The third kappa shape index (κ3) is 3.55. The quantitative estimate of drug-likeness (QED) is 0.878. The summed E-state index contributed by atoms with van der Waals surface area (Å²) < 4.78 is 13.8. The lowest BCUT2D eigenvalue weighted by Crippen LogP contribution is -2.23. The minimum absolute atomic E-state index is 0.0726. The van der Waals surface area contributed by atoms with Crippen molar-refractivity contribution < 1.29 is 4.39 Å². The zero-order valence-electron chi connectivity index (χ0n) is 11.2. The Morgan fingerprint density at radius 2 is 2.20 bits per heavy atom. The molecule has 0 saturated heterocycles. The highest BCUT2D eigenvalue weighted by Crippen LogP contribution is 2.25. The fraction of sp³-hybridized carbons (Fsp3) is 0.267. The van der Waals surface area contributed by atoms with E-state index in [0.717, 1.165) is 17.7 Å². The van der Waals surface area contributed by atoms with Gasteiger partial charge in [0.05, 0.1) is 4.47 Å². The fourth-order valence-corrected chi connectivity index (χ4v) is 2.52. The van der Waals surface area contributed by atoms with Crippen LogP contribution in [0.4, 0.5) is 10.2 Å². The summed E-state index contributed by atoms with van der Waals surface area (Å²) in [6.07, 6.45) is 2.39. The van der Waals surface area contributed by atoms with Gasteiger partial charge < -0.3 is 11.1 Å². The lowest BCUT2D eigenvalue weighted by Gasteiger charge is -2.19. The molecule has 3 nitrogen and oxygen atoms in total. The van der Waals surface area contributed by atoms with E-state index in [1.807, 2.05) is 19.1 Å². The van der Waals surface area contributed by atoms with Gasteiger partial charge in [0.15, 0.2) is 0 Å². The number of likely N-dealkylation sites (N-methyl/N-ethyl adjacent to an activating group) is 1. The predicted octanol–water partition coefficient (Wildman–Crippen LogP) is 3.46. The van der Waals surface area contributed by atoms with E-state index in [1.165, 1.54) is 6.07 Å². The number of anilines is 1. The Balaban J connectivity index is 2.27. The Kier molecular flexibility index (Phi) is 5.09. The van der Waals surface area contributed by atoms with Crippen molar-refractivity contribution in [1.29, 1.82) is 0 Å². The van der Waals surface area contributed by atoms with Crippen molar-refractivity contribution in [2.45, 2.75) is 19.4 Å². The number of benzene rings is 1. The molecule has 0 fully saturated rings. The Bertz CT molecular complexity index is 589. The number of nitrogens with one attached hydrogen (secondary N) is 1. The van der Waals surface area contributed by atoms with E-state index in [1.54, 1.807) is 18.3 Å². The van der Waals surface area contributed by atoms with Crippen LogP contribution in [0.1, 0.15) is 24.1 Å². The summed E-state index contributed by atoms with van der Waals surface area (Å²) >= 11 is 3.23. The molecule has 3 N–H and O–H groups in total. The number of hydrogen-bond donors (Lipinski definition) is 2. The van der Waals surface area contributed by atoms with Gasteiger partial charge in [0.25, 0.3) is 0 Å². The normalized spacial score (nSPS) is 12.3. The molecule has 0 aliphatic carbocycles. The average molecular weight is 338 g/mol. The number of aromatic nitrogens is 1. The maximum absolute atomic E-state index is 13.3. The zero-order valence-corrected chi connectivity index (χ0v) is 12.8.